The van der Waals surface area contributed by atoms with Gasteiger partial charge in [-0.2, -0.15) is 0 Å². The van der Waals surface area contributed by atoms with Gasteiger partial charge in [0, 0.05) is 17.8 Å². The van der Waals surface area contributed by atoms with E-state index in [0.717, 1.165) is 5.56 Å². The minimum atomic E-state index is -3.87. The summed E-state index contributed by atoms with van der Waals surface area (Å²) in [5.74, 6) is 1.56. The fraction of sp³-hybridized carbons (Fsp3) is 0.174. The first-order chi connectivity index (χ1) is 15.4. The molecule has 0 radical (unpaired) electrons. The van der Waals surface area contributed by atoms with Crippen LogP contribution in [0.25, 0.3) is 0 Å². The van der Waals surface area contributed by atoms with Crippen LogP contribution < -0.4 is 24.2 Å². The minimum absolute atomic E-state index is 0.0119. The van der Waals surface area contributed by atoms with Crippen molar-refractivity contribution < 1.29 is 27.4 Å². The van der Waals surface area contributed by atoms with Gasteiger partial charge in [0.1, 0.15) is 5.75 Å². The topological polar surface area (TPSA) is 103 Å². The van der Waals surface area contributed by atoms with Gasteiger partial charge < -0.3 is 19.5 Å². The third-order valence-electron chi connectivity index (χ3n) is 4.71. The van der Waals surface area contributed by atoms with E-state index in [9.17, 15) is 13.2 Å². The first kappa shape index (κ1) is 21.5. The molecule has 0 fully saturated rings. The zero-order valence-electron chi connectivity index (χ0n) is 17.3. The molecule has 2 N–H and O–H groups in total. The van der Waals surface area contributed by atoms with Crippen molar-refractivity contribution in [3.05, 3.63) is 77.9 Å². The second kappa shape index (κ2) is 9.19. The van der Waals surface area contributed by atoms with Crippen molar-refractivity contribution in [1.29, 1.82) is 0 Å². The van der Waals surface area contributed by atoms with Crippen molar-refractivity contribution in [2.24, 2.45) is 0 Å². The molecule has 0 atom stereocenters. The second-order valence-electron chi connectivity index (χ2n) is 6.96. The average molecular weight is 455 g/mol. The quantitative estimate of drug-likeness (QED) is 0.540. The van der Waals surface area contributed by atoms with Crippen LogP contribution >= 0.6 is 0 Å². The molecule has 1 heterocycles. The molecular weight excluding hydrogens is 432 g/mol. The summed E-state index contributed by atoms with van der Waals surface area (Å²) in [4.78, 5) is 12.6. The molecule has 4 rings (SSSR count). The summed E-state index contributed by atoms with van der Waals surface area (Å²) in [5.41, 5.74) is 1.47. The Bertz CT molecular complexity index is 1230. The molecular formula is C23H22N2O6S. The molecule has 0 bridgehead atoms. The van der Waals surface area contributed by atoms with E-state index in [-0.39, 0.29) is 29.7 Å². The van der Waals surface area contributed by atoms with Gasteiger partial charge in [0.15, 0.2) is 11.5 Å². The van der Waals surface area contributed by atoms with Gasteiger partial charge in [-0.3, -0.25) is 9.52 Å². The molecule has 9 heteroatoms. The molecule has 8 nitrogen and oxygen atoms in total. The Morgan fingerprint density at radius 3 is 2.56 bits per heavy atom. The van der Waals surface area contributed by atoms with Gasteiger partial charge in [-0.1, -0.05) is 12.1 Å². The number of hydrogen-bond acceptors (Lipinski definition) is 6. The van der Waals surface area contributed by atoms with Crippen LogP contribution in [0.2, 0.25) is 0 Å². The zero-order chi connectivity index (χ0) is 22.6. The van der Waals surface area contributed by atoms with Gasteiger partial charge in [-0.25, -0.2) is 8.42 Å². The lowest BCUT2D eigenvalue weighted by Gasteiger charge is -2.11. The predicted octanol–water partition coefficient (Wildman–Crippen LogP) is 3.54. The number of amides is 1. The van der Waals surface area contributed by atoms with Crippen LogP contribution in [0.4, 0.5) is 5.69 Å². The van der Waals surface area contributed by atoms with Crippen molar-refractivity contribution in [2.45, 2.75) is 18.4 Å². The number of ether oxygens (including phenoxy) is 3. The molecule has 0 aromatic heterocycles. The number of carbonyl (C=O) groups excluding carboxylic acids is 1. The highest BCUT2D eigenvalue weighted by atomic mass is 32.2. The molecule has 32 heavy (non-hydrogen) atoms. The van der Waals surface area contributed by atoms with Crippen molar-refractivity contribution >= 4 is 21.6 Å². The van der Waals surface area contributed by atoms with Crippen LogP contribution in [0.3, 0.4) is 0 Å². The van der Waals surface area contributed by atoms with E-state index >= 15 is 0 Å². The zero-order valence-corrected chi connectivity index (χ0v) is 18.1. The monoisotopic (exact) mass is 454 g/mol. The Kier molecular flexibility index (Phi) is 6.18. The molecule has 0 saturated heterocycles. The normalized spacial score (nSPS) is 12.3. The molecule has 3 aromatic carbocycles. The van der Waals surface area contributed by atoms with Gasteiger partial charge in [-0.15, -0.1) is 0 Å². The Morgan fingerprint density at radius 1 is 1.00 bits per heavy atom. The number of sulfonamides is 1. The highest BCUT2D eigenvalue weighted by Gasteiger charge is 2.17. The summed E-state index contributed by atoms with van der Waals surface area (Å²) in [6.45, 7) is 2.83. The second-order valence-corrected chi connectivity index (χ2v) is 8.64. The van der Waals surface area contributed by atoms with Gasteiger partial charge in [0.25, 0.3) is 15.9 Å². The van der Waals surface area contributed by atoms with Crippen molar-refractivity contribution in [2.75, 3.05) is 18.1 Å². The highest BCUT2D eigenvalue weighted by Crippen LogP contribution is 2.32. The number of fused-ring (bicyclic) bond motifs is 1. The Balaban J connectivity index is 1.43. The molecule has 166 valence electrons. The number of anilines is 1. The standard InChI is InChI=1S/C23H22N2O6S/c1-2-29-19-9-7-18(8-10-19)25-32(27,28)20-5-3-4-17(13-20)23(26)24-14-16-6-11-21-22(12-16)31-15-30-21/h3-13,25H,2,14-15H2,1H3,(H,24,26). The number of carbonyl (C=O) groups is 1. The third kappa shape index (κ3) is 4.94. The lowest BCUT2D eigenvalue weighted by Crippen LogP contribution is -2.23. The summed E-state index contributed by atoms with van der Waals surface area (Å²) in [7, 11) is -3.87. The first-order valence-electron chi connectivity index (χ1n) is 9.97. The molecule has 1 aliphatic rings. The van der Waals surface area contributed by atoms with Crippen molar-refractivity contribution in [3.63, 3.8) is 0 Å². The average Bonchev–Trinajstić information content (AvgIpc) is 3.27. The molecule has 1 aliphatic heterocycles. The number of rotatable bonds is 8. The van der Waals surface area contributed by atoms with Gasteiger partial charge >= 0.3 is 0 Å². The lowest BCUT2D eigenvalue weighted by atomic mass is 10.2. The molecule has 0 saturated carbocycles. The number of hydrogen-bond donors (Lipinski definition) is 2. The molecule has 3 aromatic rings. The minimum Gasteiger partial charge on any atom is -0.494 e. The SMILES string of the molecule is CCOc1ccc(NS(=O)(=O)c2cccc(C(=O)NCc3ccc4c(c3)OCO4)c2)cc1. The van der Waals surface area contributed by atoms with E-state index in [1.807, 2.05) is 13.0 Å². The van der Waals surface area contributed by atoms with Crippen LogP contribution in [0.15, 0.2) is 71.6 Å². The van der Waals surface area contributed by atoms with Crippen molar-refractivity contribution in [3.8, 4) is 17.2 Å². The van der Waals surface area contributed by atoms with Crippen LogP contribution in [0, 0.1) is 0 Å². The van der Waals surface area contributed by atoms with E-state index < -0.39 is 10.0 Å². The lowest BCUT2D eigenvalue weighted by molar-refractivity contribution is 0.0950. The number of benzene rings is 3. The Labute approximate surface area is 186 Å². The number of nitrogens with one attached hydrogen (secondary N) is 2. The molecule has 1 amide bonds. The maximum Gasteiger partial charge on any atom is 0.261 e. The Hall–Kier alpha value is -3.72. The fourth-order valence-electron chi connectivity index (χ4n) is 3.14. The summed E-state index contributed by atoms with van der Waals surface area (Å²) in [6.07, 6.45) is 0. The van der Waals surface area contributed by atoms with Crippen LogP contribution in [-0.4, -0.2) is 27.7 Å². The van der Waals surface area contributed by atoms with E-state index in [4.69, 9.17) is 14.2 Å². The maximum absolute atomic E-state index is 12.8. The van der Waals surface area contributed by atoms with E-state index in [1.165, 1.54) is 18.2 Å². The van der Waals surface area contributed by atoms with E-state index in [0.29, 0.717) is 29.5 Å². The Morgan fingerprint density at radius 2 is 1.78 bits per heavy atom. The van der Waals surface area contributed by atoms with Gasteiger partial charge in [0.2, 0.25) is 6.79 Å². The first-order valence-corrected chi connectivity index (χ1v) is 11.5. The smallest absolute Gasteiger partial charge is 0.261 e. The summed E-state index contributed by atoms with van der Waals surface area (Å²) in [5, 5.41) is 2.79. The summed E-state index contributed by atoms with van der Waals surface area (Å²) < 4.78 is 44.0. The third-order valence-corrected chi connectivity index (χ3v) is 6.09. The van der Waals surface area contributed by atoms with Crippen LogP contribution in [0.1, 0.15) is 22.8 Å². The van der Waals surface area contributed by atoms with Crippen molar-refractivity contribution in [1.82, 2.24) is 5.32 Å². The maximum atomic E-state index is 12.8. The summed E-state index contributed by atoms with van der Waals surface area (Å²) in [6, 6.07) is 17.9. The predicted molar refractivity (Wildman–Crippen MR) is 119 cm³/mol. The molecule has 0 aliphatic carbocycles. The van der Waals surface area contributed by atoms with E-state index in [1.54, 1.807) is 42.5 Å². The fourth-order valence-corrected chi connectivity index (χ4v) is 4.24. The van der Waals surface area contributed by atoms with Gasteiger partial charge in [0.05, 0.1) is 11.5 Å². The van der Waals surface area contributed by atoms with Crippen LogP contribution in [-0.2, 0) is 16.6 Å². The molecule has 0 spiro atoms. The summed E-state index contributed by atoms with van der Waals surface area (Å²) >= 11 is 0. The van der Waals surface area contributed by atoms with E-state index in [2.05, 4.69) is 10.0 Å². The molecule has 0 unspecified atom stereocenters. The van der Waals surface area contributed by atoms with Gasteiger partial charge in [-0.05, 0) is 67.1 Å². The highest BCUT2D eigenvalue weighted by molar-refractivity contribution is 7.92. The largest absolute Gasteiger partial charge is 0.494 e. The van der Waals surface area contributed by atoms with Crippen LogP contribution in [0.5, 0.6) is 17.2 Å².